The van der Waals surface area contributed by atoms with Crippen LogP contribution in [0.25, 0.3) is 5.52 Å². The minimum absolute atomic E-state index is 0.0488. The number of halogens is 2. The molecular weight excluding hydrogens is 464 g/mol. The van der Waals surface area contributed by atoms with Gasteiger partial charge in [-0.3, -0.25) is 14.5 Å². The van der Waals surface area contributed by atoms with Gasteiger partial charge in [-0.15, -0.1) is 0 Å². The Balaban J connectivity index is 1.22. The van der Waals surface area contributed by atoms with E-state index in [1.54, 1.807) is 10.7 Å². The number of aromatic nitrogens is 2. The van der Waals surface area contributed by atoms with Gasteiger partial charge in [-0.1, -0.05) is 0 Å². The van der Waals surface area contributed by atoms with Crippen molar-refractivity contribution in [1.82, 2.24) is 19.4 Å². The average Bonchev–Trinajstić information content (AvgIpc) is 3.64. The van der Waals surface area contributed by atoms with Crippen LogP contribution in [-0.4, -0.2) is 69.9 Å². The number of piperidine rings is 1. The second-order valence-electron chi connectivity index (χ2n) is 10.1. The van der Waals surface area contributed by atoms with Gasteiger partial charge in [0.2, 0.25) is 0 Å². The Morgan fingerprint density at radius 1 is 1.00 bits per heavy atom. The summed E-state index contributed by atoms with van der Waals surface area (Å²) in [6.45, 7) is 3.38. The Morgan fingerprint density at radius 3 is 2.61 bits per heavy atom. The van der Waals surface area contributed by atoms with E-state index in [0.29, 0.717) is 54.5 Å². The van der Waals surface area contributed by atoms with Gasteiger partial charge in [0, 0.05) is 56.1 Å². The third-order valence-electron chi connectivity index (χ3n) is 7.96. The molecule has 3 aliphatic heterocycles. The number of ketones is 1. The van der Waals surface area contributed by atoms with Crippen molar-refractivity contribution in [1.29, 1.82) is 0 Å². The van der Waals surface area contributed by atoms with Gasteiger partial charge in [-0.05, 0) is 56.0 Å². The molecule has 36 heavy (non-hydrogen) atoms. The monoisotopic (exact) mass is 493 g/mol. The van der Waals surface area contributed by atoms with Crippen LogP contribution in [0.4, 0.5) is 14.5 Å². The number of benzene rings is 1. The number of Topliss-reactive ketones (excluding diaryl/α,β-unsaturated/α-hetero) is 1. The topological polar surface area (TPSA) is 61.2 Å². The van der Waals surface area contributed by atoms with Crippen LogP contribution < -0.4 is 4.90 Å². The van der Waals surface area contributed by atoms with E-state index < -0.39 is 11.6 Å². The number of hydrogen-bond donors (Lipinski definition) is 0. The van der Waals surface area contributed by atoms with Crippen molar-refractivity contribution >= 4 is 22.9 Å². The van der Waals surface area contributed by atoms with Crippen LogP contribution >= 0.6 is 0 Å². The molecule has 7 nitrogen and oxygen atoms in total. The Bertz CT molecular complexity index is 1320. The quantitative estimate of drug-likeness (QED) is 0.553. The highest BCUT2D eigenvalue weighted by molar-refractivity contribution is 6.01. The number of carbonyl (C=O) groups excluding carboxylic acids is 2. The van der Waals surface area contributed by atoms with Crippen LogP contribution in [0.1, 0.15) is 54.1 Å². The molecule has 0 aliphatic carbocycles. The fourth-order valence-electron chi connectivity index (χ4n) is 6.05. The molecule has 3 aromatic rings. The number of anilines is 1. The first-order valence-corrected chi connectivity index (χ1v) is 12.7. The Kier molecular flexibility index (Phi) is 5.95. The predicted molar refractivity (Wildman–Crippen MR) is 131 cm³/mol. The number of nitrogens with zero attached hydrogens (tertiary/aromatic N) is 5. The lowest BCUT2D eigenvalue weighted by Gasteiger charge is -2.36. The van der Waals surface area contributed by atoms with Gasteiger partial charge in [-0.25, -0.2) is 13.3 Å². The van der Waals surface area contributed by atoms with Gasteiger partial charge in [0.05, 0.1) is 29.9 Å². The van der Waals surface area contributed by atoms with E-state index >= 15 is 0 Å². The number of carbonyl (C=O) groups is 2. The molecule has 0 spiro atoms. The second kappa shape index (κ2) is 9.28. The molecule has 0 saturated carbocycles. The highest BCUT2D eigenvalue weighted by Crippen LogP contribution is 2.38. The molecule has 3 fully saturated rings. The van der Waals surface area contributed by atoms with E-state index in [4.69, 9.17) is 0 Å². The number of hydrogen-bond acceptors (Lipinski definition) is 5. The molecule has 1 atom stereocenters. The highest BCUT2D eigenvalue weighted by atomic mass is 19.1. The average molecular weight is 494 g/mol. The molecule has 6 rings (SSSR count). The molecule has 3 saturated heterocycles. The van der Waals surface area contributed by atoms with Crippen LogP contribution in [-0.2, 0) is 4.79 Å². The summed E-state index contributed by atoms with van der Waals surface area (Å²) in [5, 5.41) is 4.39. The van der Waals surface area contributed by atoms with E-state index in [0.717, 1.165) is 50.5 Å². The lowest BCUT2D eigenvalue weighted by molar-refractivity contribution is -0.117. The first-order valence-electron chi connectivity index (χ1n) is 12.7. The molecule has 0 radical (unpaired) electrons. The lowest BCUT2D eigenvalue weighted by Crippen LogP contribution is -2.46. The number of pyridine rings is 1. The molecule has 188 valence electrons. The van der Waals surface area contributed by atoms with Crippen LogP contribution in [0, 0.1) is 11.6 Å². The second-order valence-corrected chi connectivity index (χ2v) is 10.1. The van der Waals surface area contributed by atoms with Gasteiger partial charge in [-0.2, -0.15) is 5.10 Å². The minimum Gasteiger partial charge on any atom is -0.364 e. The van der Waals surface area contributed by atoms with Crippen molar-refractivity contribution in [2.24, 2.45) is 0 Å². The summed E-state index contributed by atoms with van der Waals surface area (Å²) in [6, 6.07) is 7.54. The predicted octanol–water partition coefficient (Wildman–Crippen LogP) is 3.83. The van der Waals surface area contributed by atoms with E-state index in [-0.39, 0.29) is 11.9 Å². The Hall–Kier alpha value is -3.33. The zero-order valence-corrected chi connectivity index (χ0v) is 20.1. The third kappa shape index (κ3) is 4.15. The molecule has 1 aromatic carbocycles. The van der Waals surface area contributed by atoms with Crippen molar-refractivity contribution in [3.63, 3.8) is 0 Å². The molecule has 0 bridgehead atoms. The van der Waals surface area contributed by atoms with E-state index in [1.165, 1.54) is 12.1 Å². The molecule has 9 heteroatoms. The summed E-state index contributed by atoms with van der Waals surface area (Å²) in [6.07, 6.45) is 7.38. The van der Waals surface area contributed by atoms with Crippen molar-refractivity contribution in [3.05, 3.63) is 65.5 Å². The first-order chi connectivity index (χ1) is 17.5. The number of amides is 1. The molecule has 1 amide bonds. The van der Waals surface area contributed by atoms with Gasteiger partial charge in [0.15, 0.2) is 0 Å². The zero-order chi connectivity index (χ0) is 24.8. The van der Waals surface area contributed by atoms with E-state index in [9.17, 15) is 18.4 Å². The standard InChI is InChI=1S/C27H29F2N5O2/c28-18-3-4-24(29)22(14-18)25-2-1-9-33(25)20-7-13-34-26(15-20)23(16-30-34)27(36)31-10-5-19(6-11-31)32-12-8-21(35)17-32/h3-4,7,13-16,19,25H,1-2,5-6,8-12,17H2/t25-/m1/s1. The maximum atomic E-state index is 14.6. The Morgan fingerprint density at radius 2 is 1.83 bits per heavy atom. The van der Waals surface area contributed by atoms with Crippen molar-refractivity contribution in [2.45, 2.75) is 44.2 Å². The Labute approximate surface area is 208 Å². The summed E-state index contributed by atoms with van der Waals surface area (Å²) >= 11 is 0. The summed E-state index contributed by atoms with van der Waals surface area (Å²) in [5.41, 5.74) is 2.47. The molecule has 0 unspecified atom stereocenters. The van der Waals surface area contributed by atoms with Crippen LogP contribution in [0.2, 0.25) is 0 Å². The molecule has 3 aliphatic rings. The van der Waals surface area contributed by atoms with Crippen molar-refractivity contribution in [3.8, 4) is 0 Å². The molecule has 0 N–H and O–H groups in total. The summed E-state index contributed by atoms with van der Waals surface area (Å²) < 4.78 is 30.1. The van der Waals surface area contributed by atoms with Crippen molar-refractivity contribution in [2.75, 3.05) is 37.6 Å². The molecule has 5 heterocycles. The summed E-state index contributed by atoms with van der Waals surface area (Å²) in [7, 11) is 0. The SMILES string of the molecule is O=C1CCN(C2CCN(C(=O)c3cnn4ccc(N5CCC[C@@H]5c5cc(F)ccc5F)cc34)CC2)C1. The largest absolute Gasteiger partial charge is 0.364 e. The minimum atomic E-state index is -0.447. The zero-order valence-electron chi connectivity index (χ0n) is 20.1. The van der Waals surface area contributed by atoms with Crippen LogP contribution in [0.5, 0.6) is 0 Å². The normalized spacial score (nSPS) is 21.7. The van der Waals surface area contributed by atoms with Crippen LogP contribution in [0.15, 0.2) is 42.7 Å². The molecular formula is C27H29F2N5O2. The number of likely N-dealkylation sites (tertiary alicyclic amines) is 2. The van der Waals surface area contributed by atoms with E-state index in [1.807, 2.05) is 23.2 Å². The highest BCUT2D eigenvalue weighted by Gasteiger charge is 2.33. The van der Waals surface area contributed by atoms with Gasteiger partial charge < -0.3 is 9.80 Å². The lowest BCUT2D eigenvalue weighted by atomic mass is 10.0. The van der Waals surface area contributed by atoms with Gasteiger partial charge in [0.25, 0.3) is 5.91 Å². The van der Waals surface area contributed by atoms with Gasteiger partial charge in [0.1, 0.15) is 17.4 Å². The first kappa shape index (κ1) is 23.1. The molecule has 2 aromatic heterocycles. The third-order valence-corrected chi connectivity index (χ3v) is 7.96. The summed E-state index contributed by atoms with van der Waals surface area (Å²) in [4.78, 5) is 31.3. The maximum Gasteiger partial charge on any atom is 0.257 e. The summed E-state index contributed by atoms with van der Waals surface area (Å²) in [5.74, 6) is -0.600. The van der Waals surface area contributed by atoms with Gasteiger partial charge >= 0.3 is 0 Å². The van der Waals surface area contributed by atoms with Crippen molar-refractivity contribution < 1.29 is 18.4 Å². The smallest absolute Gasteiger partial charge is 0.257 e. The fourth-order valence-corrected chi connectivity index (χ4v) is 6.05. The maximum absolute atomic E-state index is 14.6. The number of fused-ring (bicyclic) bond motifs is 1. The number of rotatable bonds is 4. The van der Waals surface area contributed by atoms with Crippen LogP contribution in [0.3, 0.4) is 0 Å². The fraction of sp³-hybridized carbons (Fsp3) is 0.444. The van der Waals surface area contributed by atoms with E-state index in [2.05, 4.69) is 14.9 Å².